The van der Waals surface area contributed by atoms with Crippen LogP contribution in [-0.2, 0) is 10.0 Å². The number of aromatic nitrogens is 1. The molecule has 2 rings (SSSR count). The summed E-state index contributed by atoms with van der Waals surface area (Å²) in [6, 6.07) is -0.177. The fraction of sp³-hybridized carbons (Fsp3) is 0.750. The lowest BCUT2D eigenvalue weighted by atomic mass is 10.1. The molecule has 2 atom stereocenters. The zero-order valence-corrected chi connectivity index (χ0v) is 13.0. The molecule has 1 saturated heterocycles. The molecule has 108 valence electrons. The Hall–Kier alpha value is -0.500. The SMILES string of the molecule is Cc1csc(C(C)NS(=O)(=O)CC2CCCCN2)n1. The first-order chi connectivity index (χ1) is 8.96. The van der Waals surface area contributed by atoms with E-state index in [-0.39, 0.29) is 17.8 Å². The summed E-state index contributed by atoms with van der Waals surface area (Å²) in [7, 11) is -3.27. The molecule has 0 aromatic carbocycles. The maximum Gasteiger partial charge on any atom is 0.213 e. The number of aryl methyl sites for hydroxylation is 1. The van der Waals surface area contributed by atoms with Crippen molar-refractivity contribution in [1.82, 2.24) is 15.0 Å². The third-order valence-electron chi connectivity index (χ3n) is 3.20. The van der Waals surface area contributed by atoms with Crippen molar-refractivity contribution in [2.75, 3.05) is 12.3 Å². The van der Waals surface area contributed by atoms with Crippen molar-refractivity contribution in [2.45, 2.75) is 45.2 Å². The number of nitrogens with one attached hydrogen (secondary N) is 2. The Kier molecular flexibility index (Phi) is 4.94. The first-order valence-electron chi connectivity index (χ1n) is 6.62. The van der Waals surface area contributed by atoms with Gasteiger partial charge in [0.15, 0.2) is 0 Å². The van der Waals surface area contributed by atoms with Gasteiger partial charge in [-0.1, -0.05) is 6.42 Å². The molecule has 1 fully saturated rings. The zero-order chi connectivity index (χ0) is 13.9. The van der Waals surface area contributed by atoms with Crippen molar-refractivity contribution in [3.05, 3.63) is 16.1 Å². The Morgan fingerprint density at radius 1 is 1.58 bits per heavy atom. The molecule has 2 heterocycles. The van der Waals surface area contributed by atoms with Gasteiger partial charge >= 0.3 is 0 Å². The van der Waals surface area contributed by atoms with Crippen LogP contribution in [0.25, 0.3) is 0 Å². The van der Waals surface area contributed by atoms with Gasteiger partial charge in [-0.2, -0.15) is 0 Å². The summed E-state index contributed by atoms with van der Waals surface area (Å²) >= 11 is 1.49. The summed E-state index contributed by atoms with van der Waals surface area (Å²) in [6.07, 6.45) is 3.18. The first-order valence-corrected chi connectivity index (χ1v) is 9.15. The van der Waals surface area contributed by atoms with Crippen molar-refractivity contribution in [3.8, 4) is 0 Å². The van der Waals surface area contributed by atoms with Crippen LogP contribution in [0.3, 0.4) is 0 Å². The van der Waals surface area contributed by atoms with Crippen LogP contribution in [0.5, 0.6) is 0 Å². The number of hydrogen-bond donors (Lipinski definition) is 2. The highest BCUT2D eigenvalue weighted by molar-refractivity contribution is 7.89. The summed E-state index contributed by atoms with van der Waals surface area (Å²) in [5.74, 6) is 0.154. The van der Waals surface area contributed by atoms with E-state index in [9.17, 15) is 8.42 Å². The number of hydrogen-bond acceptors (Lipinski definition) is 5. The Balaban J connectivity index is 1.92. The van der Waals surface area contributed by atoms with E-state index < -0.39 is 10.0 Å². The third kappa shape index (κ3) is 4.52. The monoisotopic (exact) mass is 303 g/mol. The van der Waals surface area contributed by atoms with E-state index in [1.54, 1.807) is 0 Å². The number of nitrogens with zero attached hydrogens (tertiary/aromatic N) is 1. The Bertz CT molecular complexity index is 507. The highest BCUT2D eigenvalue weighted by atomic mass is 32.2. The summed E-state index contributed by atoms with van der Waals surface area (Å²) in [5.41, 5.74) is 0.931. The highest BCUT2D eigenvalue weighted by Crippen LogP contribution is 2.18. The number of sulfonamides is 1. The maximum atomic E-state index is 12.1. The average molecular weight is 303 g/mol. The van der Waals surface area contributed by atoms with E-state index in [0.717, 1.165) is 36.5 Å². The van der Waals surface area contributed by atoms with E-state index in [2.05, 4.69) is 15.0 Å². The molecule has 5 nitrogen and oxygen atoms in total. The van der Waals surface area contributed by atoms with Crippen LogP contribution in [0, 0.1) is 6.92 Å². The van der Waals surface area contributed by atoms with Gasteiger partial charge in [-0.05, 0) is 33.2 Å². The van der Waals surface area contributed by atoms with Crippen LogP contribution in [0.1, 0.15) is 42.9 Å². The summed E-state index contributed by atoms with van der Waals surface area (Å²) < 4.78 is 26.9. The van der Waals surface area contributed by atoms with Crippen LogP contribution >= 0.6 is 11.3 Å². The molecule has 2 N–H and O–H groups in total. The molecule has 0 radical (unpaired) electrons. The van der Waals surface area contributed by atoms with E-state index in [4.69, 9.17) is 0 Å². The molecular weight excluding hydrogens is 282 g/mol. The van der Waals surface area contributed by atoms with Crippen molar-refractivity contribution < 1.29 is 8.42 Å². The third-order valence-corrected chi connectivity index (χ3v) is 5.90. The Labute approximate surface area is 118 Å². The minimum absolute atomic E-state index is 0.0801. The van der Waals surface area contributed by atoms with Gasteiger partial charge in [0, 0.05) is 17.1 Å². The number of rotatable bonds is 5. The van der Waals surface area contributed by atoms with Crippen LogP contribution in [-0.4, -0.2) is 31.7 Å². The second-order valence-corrected chi connectivity index (χ2v) is 7.78. The topological polar surface area (TPSA) is 71.1 Å². The van der Waals surface area contributed by atoms with E-state index >= 15 is 0 Å². The van der Waals surface area contributed by atoms with Crippen LogP contribution in [0.4, 0.5) is 0 Å². The lowest BCUT2D eigenvalue weighted by Crippen LogP contribution is -2.43. The predicted molar refractivity (Wildman–Crippen MR) is 77.8 cm³/mol. The van der Waals surface area contributed by atoms with Crippen molar-refractivity contribution >= 4 is 21.4 Å². The first kappa shape index (κ1) is 14.9. The molecule has 0 saturated carbocycles. The average Bonchev–Trinajstić information content (AvgIpc) is 2.76. The fourth-order valence-electron chi connectivity index (χ4n) is 2.27. The normalized spacial score (nSPS) is 22.3. The van der Waals surface area contributed by atoms with Gasteiger partial charge in [-0.25, -0.2) is 18.1 Å². The van der Waals surface area contributed by atoms with Gasteiger partial charge in [0.2, 0.25) is 10.0 Å². The summed E-state index contributed by atoms with van der Waals surface area (Å²) in [4.78, 5) is 4.32. The molecular formula is C12H21N3O2S2. The minimum atomic E-state index is -3.27. The Morgan fingerprint density at radius 2 is 2.37 bits per heavy atom. The van der Waals surface area contributed by atoms with Gasteiger partial charge in [-0.15, -0.1) is 11.3 Å². The molecule has 0 bridgehead atoms. The van der Waals surface area contributed by atoms with Crippen LogP contribution < -0.4 is 10.0 Å². The zero-order valence-electron chi connectivity index (χ0n) is 11.3. The van der Waals surface area contributed by atoms with Gasteiger partial charge in [0.1, 0.15) is 5.01 Å². The lowest BCUT2D eigenvalue weighted by molar-refractivity contribution is 0.421. The lowest BCUT2D eigenvalue weighted by Gasteiger charge is -2.24. The second-order valence-electron chi connectivity index (χ2n) is 5.09. The quantitative estimate of drug-likeness (QED) is 0.866. The smallest absolute Gasteiger partial charge is 0.213 e. The van der Waals surface area contributed by atoms with E-state index in [1.165, 1.54) is 11.3 Å². The van der Waals surface area contributed by atoms with Crippen molar-refractivity contribution in [3.63, 3.8) is 0 Å². The predicted octanol–water partition coefficient (Wildman–Crippen LogP) is 1.57. The van der Waals surface area contributed by atoms with E-state index in [0.29, 0.717) is 0 Å². The molecule has 0 spiro atoms. The highest BCUT2D eigenvalue weighted by Gasteiger charge is 2.23. The molecule has 7 heteroatoms. The Morgan fingerprint density at radius 3 is 2.95 bits per heavy atom. The van der Waals surface area contributed by atoms with Gasteiger partial charge in [0.05, 0.1) is 11.8 Å². The second kappa shape index (κ2) is 6.30. The molecule has 1 aromatic heterocycles. The molecule has 19 heavy (non-hydrogen) atoms. The molecule has 1 aliphatic rings. The molecule has 1 aliphatic heterocycles. The molecule has 2 unspecified atom stereocenters. The van der Waals surface area contributed by atoms with Crippen LogP contribution in [0.2, 0.25) is 0 Å². The maximum absolute atomic E-state index is 12.1. The molecule has 1 aromatic rings. The minimum Gasteiger partial charge on any atom is -0.313 e. The number of thiazole rings is 1. The van der Waals surface area contributed by atoms with Gasteiger partial charge < -0.3 is 5.32 Å². The van der Waals surface area contributed by atoms with Crippen LogP contribution in [0.15, 0.2) is 5.38 Å². The van der Waals surface area contributed by atoms with E-state index in [1.807, 2.05) is 19.2 Å². The standard InChI is InChI=1S/C12H21N3O2S2/c1-9-7-18-12(14-9)10(2)15-19(16,17)8-11-5-3-4-6-13-11/h7,10-11,13,15H,3-6,8H2,1-2H3. The largest absolute Gasteiger partial charge is 0.313 e. The van der Waals surface area contributed by atoms with Crippen molar-refractivity contribution in [1.29, 1.82) is 0 Å². The van der Waals surface area contributed by atoms with Gasteiger partial charge in [-0.3, -0.25) is 0 Å². The van der Waals surface area contributed by atoms with Gasteiger partial charge in [0.25, 0.3) is 0 Å². The fourth-order valence-corrected chi connectivity index (χ4v) is 4.71. The number of piperidine rings is 1. The summed E-state index contributed by atoms with van der Waals surface area (Å²) in [5, 5.41) is 6.01. The van der Waals surface area contributed by atoms with Crippen molar-refractivity contribution in [2.24, 2.45) is 0 Å². The summed E-state index contributed by atoms with van der Waals surface area (Å²) in [6.45, 7) is 4.67. The molecule has 0 aliphatic carbocycles. The molecule has 0 amide bonds.